The molecular formula is C16H20N2O3. The molecule has 1 aromatic carbocycles. The molecular weight excluding hydrogens is 268 g/mol. The van der Waals surface area contributed by atoms with Crippen LogP contribution in [0.2, 0.25) is 0 Å². The second kappa shape index (κ2) is 6.35. The van der Waals surface area contributed by atoms with Crippen molar-refractivity contribution < 1.29 is 13.9 Å². The van der Waals surface area contributed by atoms with E-state index in [0.717, 1.165) is 17.2 Å². The summed E-state index contributed by atoms with van der Waals surface area (Å²) in [7, 11) is 1.90. The molecule has 0 aliphatic heterocycles. The molecule has 112 valence electrons. The average molecular weight is 288 g/mol. The van der Waals surface area contributed by atoms with E-state index in [-0.39, 0.29) is 0 Å². The average Bonchev–Trinajstić information content (AvgIpc) is 2.84. The summed E-state index contributed by atoms with van der Waals surface area (Å²) in [4.78, 5) is 13.8. The van der Waals surface area contributed by atoms with Crippen LogP contribution >= 0.6 is 0 Å². The zero-order valence-electron chi connectivity index (χ0n) is 12.6. The number of carbonyl (C=O) groups is 1. The van der Waals surface area contributed by atoms with Gasteiger partial charge in [-0.1, -0.05) is 6.07 Å². The van der Waals surface area contributed by atoms with Gasteiger partial charge in [0, 0.05) is 7.05 Å². The highest BCUT2D eigenvalue weighted by molar-refractivity contribution is 5.98. The highest BCUT2D eigenvalue weighted by Gasteiger charge is 2.16. The smallest absolute Gasteiger partial charge is 0.340 e. The van der Waals surface area contributed by atoms with Crippen LogP contribution < -0.4 is 10.6 Å². The molecule has 0 atom stereocenters. The number of carbonyl (C=O) groups excluding carboxylic acids is 1. The molecule has 0 unspecified atom stereocenters. The standard InChI is InChI=1S/C16H20N2O3/c1-4-20-16(19)13-6-5-7-14(15(13)17)18(3)10-12-9-8-11(2)21-12/h5-9H,4,10,17H2,1-3H3. The summed E-state index contributed by atoms with van der Waals surface area (Å²) < 4.78 is 10.6. The lowest BCUT2D eigenvalue weighted by Gasteiger charge is -2.21. The molecule has 5 heteroatoms. The molecule has 21 heavy (non-hydrogen) atoms. The number of hydrogen-bond donors (Lipinski definition) is 1. The van der Waals surface area contributed by atoms with E-state index >= 15 is 0 Å². The molecule has 0 bridgehead atoms. The topological polar surface area (TPSA) is 68.7 Å². The van der Waals surface area contributed by atoms with Gasteiger partial charge in [-0.3, -0.25) is 0 Å². The van der Waals surface area contributed by atoms with Crippen molar-refractivity contribution in [3.05, 3.63) is 47.4 Å². The van der Waals surface area contributed by atoms with Crippen LogP contribution in [0.1, 0.15) is 28.8 Å². The third kappa shape index (κ3) is 3.37. The number of aryl methyl sites for hydroxylation is 1. The van der Waals surface area contributed by atoms with E-state index in [2.05, 4.69) is 0 Å². The van der Waals surface area contributed by atoms with E-state index in [0.29, 0.717) is 24.4 Å². The van der Waals surface area contributed by atoms with Gasteiger partial charge in [0.2, 0.25) is 0 Å². The summed E-state index contributed by atoms with van der Waals surface area (Å²) in [6, 6.07) is 9.18. The lowest BCUT2D eigenvalue weighted by Crippen LogP contribution is -2.19. The van der Waals surface area contributed by atoms with Crippen LogP contribution in [-0.2, 0) is 11.3 Å². The van der Waals surface area contributed by atoms with E-state index in [9.17, 15) is 4.79 Å². The van der Waals surface area contributed by atoms with E-state index in [4.69, 9.17) is 14.9 Å². The first kappa shape index (κ1) is 15.0. The molecule has 1 heterocycles. The Morgan fingerprint density at radius 2 is 2.10 bits per heavy atom. The van der Waals surface area contributed by atoms with Crippen LogP contribution in [0, 0.1) is 6.92 Å². The van der Waals surface area contributed by atoms with Gasteiger partial charge in [0.1, 0.15) is 11.5 Å². The summed E-state index contributed by atoms with van der Waals surface area (Å²) >= 11 is 0. The summed E-state index contributed by atoms with van der Waals surface area (Å²) in [6.45, 7) is 4.57. The lowest BCUT2D eigenvalue weighted by molar-refractivity contribution is 0.0527. The Morgan fingerprint density at radius 1 is 1.33 bits per heavy atom. The van der Waals surface area contributed by atoms with Crippen LogP contribution in [0.3, 0.4) is 0 Å². The number of esters is 1. The van der Waals surface area contributed by atoms with Crippen LogP contribution in [0.5, 0.6) is 0 Å². The van der Waals surface area contributed by atoms with Gasteiger partial charge in [-0.15, -0.1) is 0 Å². The van der Waals surface area contributed by atoms with Gasteiger partial charge >= 0.3 is 5.97 Å². The molecule has 0 fully saturated rings. The Labute approximate surface area is 124 Å². The molecule has 0 aliphatic rings. The van der Waals surface area contributed by atoms with Crippen LogP contribution in [0.25, 0.3) is 0 Å². The van der Waals surface area contributed by atoms with Gasteiger partial charge in [-0.25, -0.2) is 4.79 Å². The zero-order chi connectivity index (χ0) is 15.4. The largest absolute Gasteiger partial charge is 0.464 e. The molecule has 0 saturated carbocycles. The number of hydrogen-bond acceptors (Lipinski definition) is 5. The molecule has 0 aliphatic carbocycles. The maximum absolute atomic E-state index is 11.9. The Morgan fingerprint density at radius 3 is 2.71 bits per heavy atom. The van der Waals surface area contributed by atoms with Crippen LogP contribution in [0.15, 0.2) is 34.7 Å². The molecule has 0 radical (unpaired) electrons. The summed E-state index contributed by atoms with van der Waals surface area (Å²) in [5.74, 6) is 1.31. The van der Waals surface area contributed by atoms with E-state index in [1.54, 1.807) is 19.1 Å². The predicted molar refractivity (Wildman–Crippen MR) is 82.4 cm³/mol. The molecule has 2 N–H and O–H groups in total. The van der Waals surface area contributed by atoms with Gasteiger partial charge in [-0.05, 0) is 38.1 Å². The van der Waals surface area contributed by atoms with Crippen molar-refractivity contribution in [3.63, 3.8) is 0 Å². The van der Waals surface area contributed by atoms with Gasteiger partial charge in [0.25, 0.3) is 0 Å². The molecule has 2 rings (SSSR count). The maximum atomic E-state index is 11.9. The van der Waals surface area contributed by atoms with Gasteiger partial charge in [0.15, 0.2) is 0 Å². The van der Waals surface area contributed by atoms with Crippen molar-refractivity contribution in [2.45, 2.75) is 20.4 Å². The molecule has 0 spiro atoms. The zero-order valence-corrected chi connectivity index (χ0v) is 12.6. The van der Waals surface area contributed by atoms with E-state index < -0.39 is 5.97 Å². The monoisotopic (exact) mass is 288 g/mol. The van der Waals surface area contributed by atoms with Gasteiger partial charge < -0.3 is 19.8 Å². The number of anilines is 2. The number of para-hydroxylation sites is 1. The normalized spacial score (nSPS) is 10.4. The van der Waals surface area contributed by atoms with Gasteiger partial charge in [-0.2, -0.15) is 0 Å². The third-order valence-electron chi connectivity index (χ3n) is 3.18. The second-order valence-corrected chi connectivity index (χ2v) is 4.83. The van der Waals surface area contributed by atoms with Crippen molar-refractivity contribution in [1.29, 1.82) is 0 Å². The highest BCUT2D eigenvalue weighted by Crippen LogP contribution is 2.27. The fraction of sp³-hybridized carbons (Fsp3) is 0.312. The van der Waals surface area contributed by atoms with Crippen molar-refractivity contribution in [3.8, 4) is 0 Å². The van der Waals surface area contributed by atoms with Crippen LogP contribution in [-0.4, -0.2) is 19.6 Å². The number of nitrogens with zero attached hydrogens (tertiary/aromatic N) is 1. The Kier molecular flexibility index (Phi) is 4.52. The Balaban J connectivity index is 2.23. The number of nitrogen functional groups attached to an aromatic ring is 1. The van der Waals surface area contributed by atoms with Crippen molar-refractivity contribution >= 4 is 17.3 Å². The molecule has 0 saturated heterocycles. The Hall–Kier alpha value is -2.43. The number of furan rings is 1. The molecule has 1 aromatic heterocycles. The fourth-order valence-electron chi connectivity index (χ4n) is 2.16. The maximum Gasteiger partial charge on any atom is 0.340 e. The summed E-state index contributed by atoms with van der Waals surface area (Å²) in [6.07, 6.45) is 0. The molecule has 5 nitrogen and oxygen atoms in total. The number of benzene rings is 1. The number of nitrogens with two attached hydrogens (primary N) is 1. The SMILES string of the molecule is CCOC(=O)c1cccc(N(C)Cc2ccc(C)o2)c1N. The first-order chi connectivity index (χ1) is 10.0. The summed E-state index contributed by atoms with van der Waals surface area (Å²) in [5, 5.41) is 0. The second-order valence-electron chi connectivity index (χ2n) is 4.83. The minimum absolute atomic E-state index is 0.323. The molecule has 2 aromatic rings. The third-order valence-corrected chi connectivity index (χ3v) is 3.18. The number of rotatable bonds is 5. The molecule has 0 amide bonds. The highest BCUT2D eigenvalue weighted by atomic mass is 16.5. The van der Waals surface area contributed by atoms with Gasteiger partial charge in [0.05, 0.1) is 30.1 Å². The van der Waals surface area contributed by atoms with E-state index in [1.807, 2.05) is 37.1 Å². The fourth-order valence-corrected chi connectivity index (χ4v) is 2.16. The first-order valence-corrected chi connectivity index (χ1v) is 6.85. The van der Waals surface area contributed by atoms with Crippen molar-refractivity contribution in [2.75, 3.05) is 24.3 Å². The first-order valence-electron chi connectivity index (χ1n) is 6.85. The number of ether oxygens (including phenoxy) is 1. The van der Waals surface area contributed by atoms with Crippen molar-refractivity contribution in [2.24, 2.45) is 0 Å². The minimum Gasteiger partial charge on any atom is -0.464 e. The predicted octanol–water partition coefficient (Wildman–Crippen LogP) is 2.98. The Bertz CT molecular complexity index is 634. The summed E-state index contributed by atoms with van der Waals surface area (Å²) in [5.41, 5.74) is 7.68. The minimum atomic E-state index is -0.404. The van der Waals surface area contributed by atoms with E-state index in [1.165, 1.54) is 0 Å². The van der Waals surface area contributed by atoms with Crippen LogP contribution in [0.4, 0.5) is 11.4 Å². The lowest BCUT2D eigenvalue weighted by atomic mass is 10.1. The van der Waals surface area contributed by atoms with Crippen molar-refractivity contribution in [1.82, 2.24) is 0 Å². The quantitative estimate of drug-likeness (QED) is 0.676.